The number of primary amides is 1. The zero-order valence-corrected chi connectivity index (χ0v) is 8.99. The minimum Gasteiger partial charge on any atom is -0.453 e. The molecule has 0 aromatic carbocycles. The van der Waals surface area contributed by atoms with Crippen LogP contribution in [0.1, 0.15) is 33.5 Å². The van der Waals surface area contributed by atoms with E-state index < -0.39 is 18.0 Å². The predicted octanol–water partition coefficient (Wildman–Crippen LogP) is 1.02. The number of hydrogen-bond acceptors (Lipinski definition) is 3. The number of alkyl carbamates (subject to hydrolysis) is 1. The van der Waals surface area contributed by atoms with E-state index in [0.29, 0.717) is 0 Å². The lowest BCUT2D eigenvalue weighted by Crippen LogP contribution is -2.49. The molecule has 5 heteroatoms. The summed E-state index contributed by atoms with van der Waals surface area (Å²) >= 11 is 0. The molecule has 5 nitrogen and oxygen atoms in total. The van der Waals surface area contributed by atoms with Gasteiger partial charge in [0.05, 0.1) is 7.11 Å². The minimum absolute atomic E-state index is 0. The van der Waals surface area contributed by atoms with Crippen LogP contribution in [0.15, 0.2) is 0 Å². The molecule has 0 radical (unpaired) electrons. The Hall–Kier alpha value is -1.26. The Kier molecular flexibility index (Phi) is 4.39. The lowest BCUT2D eigenvalue weighted by atomic mass is 9.83. The van der Waals surface area contributed by atoms with Crippen molar-refractivity contribution < 1.29 is 15.8 Å². The van der Waals surface area contributed by atoms with E-state index in [1.54, 1.807) is 0 Å². The van der Waals surface area contributed by atoms with Crippen molar-refractivity contribution in [3.63, 3.8) is 0 Å². The van der Waals surface area contributed by atoms with Gasteiger partial charge >= 0.3 is 6.09 Å². The van der Waals surface area contributed by atoms with Gasteiger partial charge in [-0.15, -0.1) is 0 Å². The van der Waals surface area contributed by atoms with E-state index in [4.69, 9.17) is 5.73 Å². The first kappa shape index (κ1) is 11.8. The maximum Gasteiger partial charge on any atom is 0.407 e. The second-order valence-corrected chi connectivity index (χ2v) is 3.91. The van der Waals surface area contributed by atoms with Crippen molar-refractivity contribution in [1.82, 2.24) is 5.32 Å². The SMILES string of the molecule is COC(=O)N[C@H](C(N)=O)C1CCCCC1.[HH]. The summed E-state index contributed by atoms with van der Waals surface area (Å²) in [4.78, 5) is 22.2. The molecule has 0 saturated heterocycles. The summed E-state index contributed by atoms with van der Waals surface area (Å²) in [5.41, 5.74) is 5.26. The standard InChI is InChI=1S/C10H18N2O3.H2/c1-15-10(14)12-8(9(11)13)7-5-3-2-4-6-7;/h7-8H,2-6H2,1H3,(H2,11,13)(H,12,14);1H/t8-;/m0./s1. The molecule has 88 valence electrons. The van der Waals surface area contributed by atoms with Gasteiger partial charge in [-0.2, -0.15) is 0 Å². The van der Waals surface area contributed by atoms with E-state index in [-0.39, 0.29) is 7.34 Å². The van der Waals surface area contributed by atoms with Crippen LogP contribution in [0.2, 0.25) is 0 Å². The van der Waals surface area contributed by atoms with Crippen LogP contribution in [0.25, 0.3) is 0 Å². The maximum absolute atomic E-state index is 11.2. The predicted molar refractivity (Wildman–Crippen MR) is 57.2 cm³/mol. The molecule has 2 amide bonds. The second kappa shape index (κ2) is 5.58. The van der Waals surface area contributed by atoms with Crippen molar-refractivity contribution in [1.29, 1.82) is 0 Å². The van der Waals surface area contributed by atoms with Crippen molar-refractivity contribution in [2.75, 3.05) is 7.11 Å². The number of nitrogens with two attached hydrogens (primary N) is 1. The molecule has 15 heavy (non-hydrogen) atoms. The van der Waals surface area contributed by atoms with E-state index in [1.807, 2.05) is 0 Å². The first-order chi connectivity index (χ1) is 7.15. The topological polar surface area (TPSA) is 81.4 Å². The highest BCUT2D eigenvalue weighted by molar-refractivity contribution is 5.84. The molecular formula is C10H20N2O3. The van der Waals surface area contributed by atoms with Crippen LogP contribution in [0.4, 0.5) is 4.79 Å². The lowest BCUT2D eigenvalue weighted by molar-refractivity contribution is -0.121. The van der Waals surface area contributed by atoms with E-state index in [1.165, 1.54) is 13.5 Å². The third-order valence-corrected chi connectivity index (χ3v) is 2.89. The van der Waals surface area contributed by atoms with Crippen LogP contribution in [0.3, 0.4) is 0 Å². The fourth-order valence-corrected chi connectivity index (χ4v) is 2.07. The van der Waals surface area contributed by atoms with Crippen molar-refractivity contribution in [3.8, 4) is 0 Å². The monoisotopic (exact) mass is 216 g/mol. The van der Waals surface area contributed by atoms with Gasteiger partial charge in [-0.1, -0.05) is 19.3 Å². The van der Waals surface area contributed by atoms with Gasteiger partial charge in [0.2, 0.25) is 5.91 Å². The molecule has 1 rings (SSSR count). The van der Waals surface area contributed by atoms with E-state index >= 15 is 0 Å². The fourth-order valence-electron chi connectivity index (χ4n) is 2.07. The number of ether oxygens (including phenoxy) is 1. The quantitative estimate of drug-likeness (QED) is 0.739. The van der Waals surface area contributed by atoms with E-state index in [9.17, 15) is 9.59 Å². The molecule has 0 aromatic heterocycles. The molecule has 0 heterocycles. The molecule has 0 aromatic rings. The highest BCUT2D eigenvalue weighted by atomic mass is 16.5. The maximum atomic E-state index is 11.2. The molecule has 1 saturated carbocycles. The smallest absolute Gasteiger partial charge is 0.407 e. The van der Waals surface area contributed by atoms with Gasteiger partial charge in [-0.25, -0.2) is 4.79 Å². The average Bonchev–Trinajstić information content (AvgIpc) is 2.26. The number of nitrogens with one attached hydrogen (secondary N) is 1. The highest BCUT2D eigenvalue weighted by Crippen LogP contribution is 2.26. The Labute approximate surface area is 90.8 Å². The van der Waals surface area contributed by atoms with Crippen molar-refractivity contribution in [2.45, 2.75) is 38.1 Å². The molecule has 0 spiro atoms. The number of methoxy groups -OCH3 is 1. The largest absolute Gasteiger partial charge is 0.453 e. The molecule has 0 bridgehead atoms. The zero-order valence-electron chi connectivity index (χ0n) is 8.99. The molecule has 0 aliphatic heterocycles. The van der Waals surface area contributed by atoms with Crippen LogP contribution < -0.4 is 11.1 Å². The Morgan fingerprint density at radius 2 is 2.00 bits per heavy atom. The Morgan fingerprint density at radius 3 is 2.47 bits per heavy atom. The third-order valence-electron chi connectivity index (χ3n) is 2.89. The summed E-state index contributed by atoms with van der Waals surface area (Å²) in [6.07, 6.45) is 4.67. The van der Waals surface area contributed by atoms with Gasteiger partial charge in [0, 0.05) is 1.43 Å². The first-order valence-electron chi connectivity index (χ1n) is 5.29. The summed E-state index contributed by atoms with van der Waals surface area (Å²) < 4.78 is 4.46. The Balaban J connectivity index is 0.00000225. The number of rotatable bonds is 3. The molecule has 0 unspecified atom stereocenters. The van der Waals surface area contributed by atoms with Crippen LogP contribution in [0.5, 0.6) is 0 Å². The van der Waals surface area contributed by atoms with Crippen LogP contribution in [0, 0.1) is 5.92 Å². The number of amides is 2. The van der Waals surface area contributed by atoms with Gasteiger partial charge in [-0.3, -0.25) is 4.79 Å². The molecule has 1 atom stereocenters. The minimum atomic E-state index is -0.593. The molecular weight excluding hydrogens is 196 g/mol. The van der Waals surface area contributed by atoms with Crippen molar-refractivity contribution >= 4 is 12.0 Å². The normalized spacial score (nSPS) is 19.3. The average molecular weight is 216 g/mol. The van der Waals surface area contributed by atoms with Crippen LogP contribution in [-0.2, 0) is 9.53 Å². The molecule has 1 aliphatic rings. The lowest BCUT2D eigenvalue weighted by Gasteiger charge is -2.28. The fraction of sp³-hybridized carbons (Fsp3) is 0.800. The number of hydrogen-bond donors (Lipinski definition) is 2. The van der Waals surface area contributed by atoms with E-state index in [0.717, 1.165) is 25.7 Å². The van der Waals surface area contributed by atoms with Crippen molar-refractivity contribution in [3.05, 3.63) is 0 Å². The Morgan fingerprint density at radius 1 is 1.40 bits per heavy atom. The van der Waals surface area contributed by atoms with E-state index in [2.05, 4.69) is 10.1 Å². The van der Waals surface area contributed by atoms with Crippen LogP contribution in [-0.4, -0.2) is 25.2 Å². The molecule has 1 aliphatic carbocycles. The second-order valence-electron chi connectivity index (χ2n) is 3.91. The summed E-state index contributed by atoms with van der Waals surface area (Å²) in [7, 11) is 1.27. The zero-order chi connectivity index (χ0) is 11.3. The summed E-state index contributed by atoms with van der Waals surface area (Å²) in [6.45, 7) is 0. The highest BCUT2D eigenvalue weighted by Gasteiger charge is 2.29. The van der Waals surface area contributed by atoms with Gasteiger partial charge in [0.25, 0.3) is 0 Å². The number of carbonyl (C=O) groups excluding carboxylic acids is 2. The molecule has 3 N–H and O–H groups in total. The third kappa shape index (κ3) is 3.42. The van der Waals surface area contributed by atoms with Crippen molar-refractivity contribution in [2.24, 2.45) is 11.7 Å². The molecule has 1 fully saturated rings. The van der Waals surface area contributed by atoms with Crippen LogP contribution >= 0.6 is 0 Å². The van der Waals surface area contributed by atoms with Gasteiger partial charge < -0.3 is 15.8 Å². The van der Waals surface area contributed by atoms with Gasteiger partial charge in [0.15, 0.2) is 0 Å². The number of carbonyl (C=O) groups is 2. The summed E-state index contributed by atoms with van der Waals surface area (Å²) in [6, 6.07) is -0.585. The van der Waals surface area contributed by atoms with Gasteiger partial charge in [-0.05, 0) is 18.8 Å². The summed E-state index contributed by atoms with van der Waals surface area (Å²) in [5, 5.41) is 2.50. The first-order valence-corrected chi connectivity index (χ1v) is 5.29. The van der Waals surface area contributed by atoms with Gasteiger partial charge in [0.1, 0.15) is 6.04 Å². The Bertz CT molecular complexity index is 242. The summed E-state index contributed by atoms with van der Waals surface area (Å²) in [5.74, 6) is -0.317.